The SMILES string of the molecule is CCC(NC(=O)c1ccc(Br)c(F)c1)c1nccs1. The Kier molecular flexibility index (Phi) is 4.66. The quantitative estimate of drug-likeness (QED) is 0.914. The van der Waals surface area contributed by atoms with E-state index in [0.29, 0.717) is 10.0 Å². The molecule has 2 rings (SSSR count). The molecule has 0 saturated carbocycles. The van der Waals surface area contributed by atoms with Gasteiger partial charge in [0.25, 0.3) is 5.91 Å². The Hall–Kier alpha value is -1.27. The molecule has 0 saturated heterocycles. The summed E-state index contributed by atoms with van der Waals surface area (Å²) in [5.74, 6) is -0.747. The first-order valence-electron chi connectivity index (χ1n) is 5.77. The van der Waals surface area contributed by atoms with Crippen LogP contribution in [0.2, 0.25) is 0 Å². The lowest BCUT2D eigenvalue weighted by molar-refractivity contribution is 0.0935. The molecule has 1 unspecified atom stereocenters. The van der Waals surface area contributed by atoms with Crippen molar-refractivity contribution in [3.05, 3.63) is 50.6 Å². The van der Waals surface area contributed by atoms with Crippen LogP contribution in [0.3, 0.4) is 0 Å². The van der Waals surface area contributed by atoms with Crippen LogP contribution in [0.5, 0.6) is 0 Å². The molecule has 6 heteroatoms. The number of aromatic nitrogens is 1. The Morgan fingerprint density at radius 1 is 1.58 bits per heavy atom. The summed E-state index contributed by atoms with van der Waals surface area (Å²) >= 11 is 4.55. The van der Waals surface area contributed by atoms with Gasteiger partial charge in [-0.15, -0.1) is 11.3 Å². The molecule has 1 N–H and O–H groups in total. The summed E-state index contributed by atoms with van der Waals surface area (Å²) in [5.41, 5.74) is 0.302. The van der Waals surface area contributed by atoms with Gasteiger partial charge in [-0.1, -0.05) is 6.92 Å². The van der Waals surface area contributed by atoms with Crippen LogP contribution in [-0.4, -0.2) is 10.9 Å². The zero-order chi connectivity index (χ0) is 13.8. The molecule has 1 aromatic heterocycles. The van der Waals surface area contributed by atoms with Crippen LogP contribution in [0.4, 0.5) is 4.39 Å². The second-order valence-electron chi connectivity index (χ2n) is 3.93. The molecule has 0 aliphatic rings. The molecule has 0 radical (unpaired) electrons. The number of benzene rings is 1. The van der Waals surface area contributed by atoms with Gasteiger partial charge < -0.3 is 5.32 Å². The number of halogens is 2. The van der Waals surface area contributed by atoms with E-state index in [1.54, 1.807) is 12.3 Å². The van der Waals surface area contributed by atoms with Gasteiger partial charge in [-0.2, -0.15) is 0 Å². The van der Waals surface area contributed by atoms with E-state index in [2.05, 4.69) is 26.2 Å². The maximum absolute atomic E-state index is 13.4. The van der Waals surface area contributed by atoms with E-state index in [1.165, 1.54) is 23.5 Å². The zero-order valence-electron chi connectivity index (χ0n) is 10.2. The summed E-state index contributed by atoms with van der Waals surface area (Å²) in [5, 5.41) is 5.58. The number of amides is 1. The lowest BCUT2D eigenvalue weighted by Gasteiger charge is -2.14. The van der Waals surface area contributed by atoms with Crippen molar-refractivity contribution in [1.82, 2.24) is 10.3 Å². The van der Waals surface area contributed by atoms with Crippen LogP contribution in [0, 0.1) is 5.82 Å². The monoisotopic (exact) mass is 342 g/mol. The third-order valence-corrected chi connectivity index (χ3v) is 4.18. The highest BCUT2D eigenvalue weighted by Gasteiger charge is 2.16. The van der Waals surface area contributed by atoms with Crippen LogP contribution in [-0.2, 0) is 0 Å². The highest BCUT2D eigenvalue weighted by Crippen LogP contribution is 2.20. The second kappa shape index (κ2) is 6.25. The number of hydrogen-bond donors (Lipinski definition) is 1. The van der Waals surface area contributed by atoms with Crippen molar-refractivity contribution in [3.63, 3.8) is 0 Å². The van der Waals surface area contributed by atoms with E-state index in [-0.39, 0.29) is 11.9 Å². The third-order valence-electron chi connectivity index (χ3n) is 2.64. The molecule has 3 nitrogen and oxygen atoms in total. The number of nitrogens with one attached hydrogen (secondary N) is 1. The Morgan fingerprint density at radius 2 is 2.37 bits per heavy atom. The average molecular weight is 343 g/mol. The predicted molar refractivity (Wildman–Crippen MR) is 76.7 cm³/mol. The van der Waals surface area contributed by atoms with E-state index >= 15 is 0 Å². The van der Waals surface area contributed by atoms with Crippen molar-refractivity contribution < 1.29 is 9.18 Å². The van der Waals surface area contributed by atoms with Gasteiger partial charge in [0.1, 0.15) is 10.8 Å². The summed E-state index contributed by atoms with van der Waals surface area (Å²) in [7, 11) is 0. The maximum Gasteiger partial charge on any atom is 0.251 e. The summed E-state index contributed by atoms with van der Waals surface area (Å²) in [6.07, 6.45) is 2.44. The van der Waals surface area contributed by atoms with Gasteiger partial charge in [-0.05, 0) is 40.5 Å². The van der Waals surface area contributed by atoms with Gasteiger partial charge in [-0.25, -0.2) is 9.37 Å². The molecule has 19 heavy (non-hydrogen) atoms. The first-order chi connectivity index (χ1) is 9.11. The Bertz CT molecular complexity index is 574. The molecular formula is C13H12BrFN2OS. The Labute approximate surface area is 123 Å². The normalized spacial score (nSPS) is 12.2. The number of rotatable bonds is 4. The number of hydrogen-bond acceptors (Lipinski definition) is 3. The van der Waals surface area contributed by atoms with Crippen LogP contribution >= 0.6 is 27.3 Å². The van der Waals surface area contributed by atoms with Crippen molar-refractivity contribution in [3.8, 4) is 0 Å². The molecular weight excluding hydrogens is 331 g/mol. The molecule has 1 aromatic carbocycles. The number of carbonyl (C=O) groups is 1. The molecule has 0 aliphatic carbocycles. The lowest BCUT2D eigenvalue weighted by atomic mass is 10.1. The minimum Gasteiger partial charge on any atom is -0.343 e. The third kappa shape index (κ3) is 3.39. The fourth-order valence-corrected chi connectivity index (χ4v) is 2.64. The van der Waals surface area contributed by atoms with E-state index in [4.69, 9.17) is 0 Å². The van der Waals surface area contributed by atoms with E-state index in [0.717, 1.165) is 11.4 Å². The van der Waals surface area contributed by atoms with Crippen LogP contribution < -0.4 is 5.32 Å². The second-order valence-corrected chi connectivity index (χ2v) is 5.71. The van der Waals surface area contributed by atoms with Gasteiger partial charge >= 0.3 is 0 Å². The van der Waals surface area contributed by atoms with Crippen molar-refractivity contribution in [2.24, 2.45) is 0 Å². The van der Waals surface area contributed by atoms with Gasteiger partial charge in [0, 0.05) is 17.1 Å². The predicted octanol–water partition coefficient (Wildman–Crippen LogP) is 3.93. The van der Waals surface area contributed by atoms with E-state index < -0.39 is 5.82 Å². The van der Waals surface area contributed by atoms with Gasteiger partial charge in [-0.3, -0.25) is 4.79 Å². The smallest absolute Gasteiger partial charge is 0.251 e. The van der Waals surface area contributed by atoms with Crippen molar-refractivity contribution in [2.75, 3.05) is 0 Å². The maximum atomic E-state index is 13.4. The molecule has 0 aliphatic heterocycles. The molecule has 0 fully saturated rings. The van der Waals surface area contributed by atoms with E-state index in [1.807, 2.05) is 12.3 Å². The zero-order valence-corrected chi connectivity index (χ0v) is 12.6. The van der Waals surface area contributed by atoms with Crippen molar-refractivity contribution in [1.29, 1.82) is 0 Å². The minimum absolute atomic E-state index is 0.140. The minimum atomic E-state index is -0.449. The van der Waals surface area contributed by atoms with E-state index in [9.17, 15) is 9.18 Å². The summed E-state index contributed by atoms with van der Waals surface area (Å²) < 4.78 is 13.7. The van der Waals surface area contributed by atoms with Crippen LogP contribution in [0.25, 0.3) is 0 Å². The molecule has 0 bridgehead atoms. The standard InChI is InChI=1S/C13H12BrFN2OS/c1-2-11(13-16-5-6-19-13)17-12(18)8-3-4-9(14)10(15)7-8/h3-7,11H,2H2,1H3,(H,17,18). The fourth-order valence-electron chi connectivity index (χ4n) is 1.62. The van der Waals surface area contributed by atoms with Gasteiger partial charge in [0.05, 0.1) is 10.5 Å². The number of thiazole rings is 1. The summed E-state index contributed by atoms with van der Waals surface area (Å²) in [4.78, 5) is 16.2. The Balaban J connectivity index is 2.13. The number of carbonyl (C=O) groups excluding carboxylic acids is 1. The van der Waals surface area contributed by atoms with Crippen LogP contribution in [0.1, 0.15) is 34.8 Å². The first kappa shape index (κ1) is 14.1. The largest absolute Gasteiger partial charge is 0.343 e. The molecule has 2 aromatic rings. The van der Waals surface area contributed by atoms with Crippen LogP contribution in [0.15, 0.2) is 34.2 Å². The highest BCUT2D eigenvalue weighted by molar-refractivity contribution is 9.10. The molecule has 1 amide bonds. The Morgan fingerprint density at radius 3 is 2.95 bits per heavy atom. The van der Waals surface area contributed by atoms with Crippen molar-refractivity contribution in [2.45, 2.75) is 19.4 Å². The molecule has 0 spiro atoms. The fraction of sp³-hybridized carbons (Fsp3) is 0.231. The highest BCUT2D eigenvalue weighted by atomic mass is 79.9. The van der Waals surface area contributed by atoms with Crippen molar-refractivity contribution >= 4 is 33.2 Å². The average Bonchev–Trinajstić information content (AvgIpc) is 2.92. The molecule has 100 valence electrons. The number of nitrogens with zero attached hydrogens (tertiary/aromatic N) is 1. The molecule has 1 heterocycles. The lowest BCUT2D eigenvalue weighted by Crippen LogP contribution is -2.28. The summed E-state index contributed by atoms with van der Waals surface area (Å²) in [6, 6.07) is 4.18. The molecule has 1 atom stereocenters. The van der Waals surface area contributed by atoms with Gasteiger partial charge in [0.15, 0.2) is 0 Å². The van der Waals surface area contributed by atoms with Gasteiger partial charge in [0.2, 0.25) is 0 Å². The summed E-state index contributed by atoms with van der Waals surface area (Å²) in [6.45, 7) is 1.97. The first-order valence-corrected chi connectivity index (χ1v) is 7.44. The topological polar surface area (TPSA) is 42.0 Å².